The Bertz CT molecular complexity index is 2590. The largest absolute Gasteiger partial charge is 0.487 e. The number of rotatable bonds is 20. The minimum atomic E-state index is -0.739. The molecule has 4 N–H and O–H groups in total. The van der Waals surface area contributed by atoms with Crippen molar-refractivity contribution in [2.75, 3.05) is 61.4 Å². The molecule has 70 heavy (non-hydrogen) atoms. The lowest BCUT2D eigenvalue weighted by Gasteiger charge is -2.34. The number of imidazole rings is 2. The Morgan fingerprint density at radius 2 is 1.27 bits per heavy atom. The molecule has 2 fully saturated rings. The summed E-state index contributed by atoms with van der Waals surface area (Å²) in [5.74, 6) is 1.83. The van der Waals surface area contributed by atoms with Crippen LogP contribution in [0.4, 0.5) is 9.59 Å². The van der Waals surface area contributed by atoms with E-state index in [9.17, 15) is 19.2 Å². The van der Waals surface area contributed by atoms with Crippen molar-refractivity contribution in [2.24, 2.45) is 11.8 Å². The number of hydrogen-bond donors (Lipinski definition) is 4. The first kappa shape index (κ1) is 51.2. The van der Waals surface area contributed by atoms with E-state index in [-0.39, 0.29) is 55.0 Å². The Hall–Kier alpha value is -6.66. The first-order valence-corrected chi connectivity index (χ1v) is 24.2. The molecule has 0 spiro atoms. The number of aromatic amines is 2. The smallest absolute Gasteiger partial charge is 0.407 e. The first-order valence-electron chi connectivity index (χ1n) is 24.2. The van der Waals surface area contributed by atoms with E-state index < -0.39 is 24.3 Å². The van der Waals surface area contributed by atoms with E-state index in [0.29, 0.717) is 42.9 Å². The Morgan fingerprint density at radius 3 is 1.86 bits per heavy atom. The quantitative estimate of drug-likeness (QED) is 0.0544. The first-order chi connectivity index (χ1) is 33.8. The highest BCUT2D eigenvalue weighted by Gasteiger charge is 2.42. The van der Waals surface area contributed by atoms with E-state index in [1.165, 1.54) is 14.2 Å². The van der Waals surface area contributed by atoms with E-state index in [0.717, 1.165) is 76.6 Å². The zero-order chi connectivity index (χ0) is 50.1. The van der Waals surface area contributed by atoms with E-state index in [1.54, 1.807) is 25.3 Å². The number of likely N-dealkylation sites (tertiary alicyclic amines) is 2. The number of amides is 4. The maximum atomic E-state index is 14.1. The van der Waals surface area contributed by atoms with E-state index in [4.69, 9.17) is 38.4 Å². The molecule has 4 heterocycles. The number of nitrogens with zero attached hydrogens (tertiary/aromatic N) is 4. The zero-order valence-electron chi connectivity index (χ0n) is 41.8. The number of fused-ring (bicyclic) bond motifs is 1. The van der Waals surface area contributed by atoms with Crippen LogP contribution in [0, 0.1) is 11.8 Å². The number of H-pyrrole nitrogens is 2. The molecule has 5 aromatic rings. The number of hydrogen-bond acceptors (Lipinski definition) is 12. The van der Waals surface area contributed by atoms with Crippen LogP contribution in [0.1, 0.15) is 90.5 Å². The molecule has 0 bridgehead atoms. The summed E-state index contributed by atoms with van der Waals surface area (Å²) >= 11 is 0. The molecule has 18 heteroatoms. The molecule has 2 aliphatic rings. The average molecular weight is 965 g/mol. The molecule has 0 unspecified atom stereocenters. The summed E-state index contributed by atoms with van der Waals surface area (Å²) < 4.78 is 33.5. The summed E-state index contributed by atoms with van der Waals surface area (Å²) in [6.07, 6.45) is 4.38. The monoisotopic (exact) mass is 965 g/mol. The third-order valence-corrected chi connectivity index (χ3v) is 13.3. The standard InChI is InChI=1S/C52H68N8O10/c1-10-35-18-22-42(60(35)50(62)44(31(4)5)58-52(64)68-9)47-53-29-40(56-47)33-15-13-32(14-16-33)36-19-20-37(46(70-27-25-66-7)45(36)69-26-24-65-6)34-17-21-38-39(28-34)55-48(54-38)41-12-11-23-59(41)49(61)43(30(2)3)57-51(63)67-8/h13-17,19-21,28-31,35,41-44H,10-12,18,22-27H2,1-9H3,(H,53,56)(H,54,55)(H,57,63)(H,58,64)/t35-,41-,42-,43-,44-/m0/s1. The van der Waals surface area contributed by atoms with Crippen molar-refractivity contribution in [3.63, 3.8) is 0 Å². The molecule has 0 radical (unpaired) electrons. The Kier molecular flexibility index (Phi) is 17.0. The van der Waals surface area contributed by atoms with Crippen molar-refractivity contribution >= 4 is 35.0 Å². The molecule has 0 saturated carbocycles. The number of alkyl carbamates (subject to hydrolysis) is 2. The topological polar surface area (TPSA) is 212 Å². The summed E-state index contributed by atoms with van der Waals surface area (Å²) in [6, 6.07) is 16.1. The van der Waals surface area contributed by atoms with E-state index >= 15 is 0 Å². The second kappa shape index (κ2) is 23.3. The van der Waals surface area contributed by atoms with Gasteiger partial charge in [-0.25, -0.2) is 19.6 Å². The Balaban J connectivity index is 1.18. The number of aromatic nitrogens is 4. The maximum Gasteiger partial charge on any atom is 0.407 e. The van der Waals surface area contributed by atoms with Crippen LogP contribution in [0.3, 0.4) is 0 Å². The van der Waals surface area contributed by atoms with Crippen molar-refractivity contribution in [3.05, 3.63) is 72.4 Å². The van der Waals surface area contributed by atoms with Crippen LogP contribution in [-0.4, -0.2) is 133 Å². The minimum Gasteiger partial charge on any atom is -0.487 e. The molecule has 2 saturated heterocycles. The highest BCUT2D eigenvalue weighted by atomic mass is 16.6. The SMILES string of the molecule is CC[C@H]1CC[C@@H](c2ncc(-c3ccc(-c4ccc(-c5ccc6nc([C@@H]7CCCN7C(=O)[C@@H](NC(=O)OC)C(C)C)[nH]c6c5)c(OCCOC)c4OCCOC)cc3)[nH]2)N1C(=O)[C@@H](NC(=O)OC)C(C)C. The van der Waals surface area contributed by atoms with Crippen LogP contribution in [0.25, 0.3) is 44.5 Å². The molecule has 3 aromatic carbocycles. The molecule has 5 atom stereocenters. The lowest BCUT2D eigenvalue weighted by atomic mass is 9.96. The minimum absolute atomic E-state index is 0.0109. The number of carbonyl (C=O) groups is 4. The van der Waals surface area contributed by atoms with Gasteiger partial charge in [0.15, 0.2) is 11.5 Å². The third-order valence-electron chi connectivity index (χ3n) is 13.3. The number of ether oxygens (including phenoxy) is 6. The van der Waals surface area contributed by atoms with Gasteiger partial charge in [-0.1, -0.05) is 65.0 Å². The summed E-state index contributed by atoms with van der Waals surface area (Å²) in [5, 5.41) is 5.46. The van der Waals surface area contributed by atoms with Gasteiger partial charge in [-0.2, -0.15) is 0 Å². The van der Waals surface area contributed by atoms with Crippen molar-refractivity contribution in [1.29, 1.82) is 0 Å². The van der Waals surface area contributed by atoms with Gasteiger partial charge >= 0.3 is 12.2 Å². The second-order valence-electron chi connectivity index (χ2n) is 18.4. The molecular formula is C52H68N8O10. The average Bonchev–Trinajstić information content (AvgIpc) is 4.21. The van der Waals surface area contributed by atoms with Crippen LogP contribution in [0.5, 0.6) is 11.5 Å². The molecule has 2 aliphatic heterocycles. The Labute approximate surface area is 409 Å². The van der Waals surface area contributed by atoms with Gasteiger partial charge in [0.05, 0.1) is 62.4 Å². The van der Waals surface area contributed by atoms with Gasteiger partial charge in [0.2, 0.25) is 11.8 Å². The van der Waals surface area contributed by atoms with Gasteiger partial charge in [0.25, 0.3) is 0 Å². The number of carbonyl (C=O) groups excluding carboxylic acids is 4. The highest BCUT2D eigenvalue weighted by molar-refractivity contribution is 5.90. The second-order valence-corrected chi connectivity index (χ2v) is 18.4. The van der Waals surface area contributed by atoms with Gasteiger partial charge < -0.3 is 58.8 Å². The normalized spacial score (nSPS) is 17.8. The summed E-state index contributed by atoms with van der Waals surface area (Å²) in [5.41, 5.74) is 6.60. The van der Waals surface area contributed by atoms with Gasteiger partial charge in [-0.15, -0.1) is 0 Å². The van der Waals surface area contributed by atoms with Crippen LogP contribution in [0.15, 0.2) is 60.8 Å². The van der Waals surface area contributed by atoms with Crippen molar-refractivity contribution in [1.82, 2.24) is 40.4 Å². The maximum absolute atomic E-state index is 14.1. The lowest BCUT2D eigenvalue weighted by Crippen LogP contribution is -2.53. The summed E-state index contributed by atoms with van der Waals surface area (Å²) in [4.78, 5) is 72.8. The van der Waals surface area contributed by atoms with Crippen molar-refractivity contribution in [3.8, 4) is 45.0 Å². The predicted molar refractivity (Wildman–Crippen MR) is 264 cm³/mol. The summed E-state index contributed by atoms with van der Waals surface area (Å²) in [7, 11) is 5.83. The third kappa shape index (κ3) is 11.2. The molecule has 376 valence electrons. The van der Waals surface area contributed by atoms with Gasteiger partial charge in [-0.05, 0) is 84.9 Å². The van der Waals surface area contributed by atoms with Crippen molar-refractivity contribution < 1.29 is 47.6 Å². The molecule has 7 rings (SSSR count). The van der Waals surface area contributed by atoms with Gasteiger partial charge in [-0.3, -0.25) is 9.59 Å². The molecule has 0 aliphatic carbocycles. The number of nitrogens with one attached hydrogen (secondary N) is 4. The highest BCUT2D eigenvalue weighted by Crippen LogP contribution is 2.46. The summed E-state index contributed by atoms with van der Waals surface area (Å²) in [6.45, 7) is 11.5. The number of benzene rings is 3. The van der Waals surface area contributed by atoms with Crippen LogP contribution < -0.4 is 20.1 Å². The van der Waals surface area contributed by atoms with Gasteiger partial charge in [0.1, 0.15) is 36.9 Å². The fourth-order valence-electron chi connectivity index (χ4n) is 9.53. The van der Waals surface area contributed by atoms with Crippen molar-refractivity contribution in [2.45, 2.75) is 96.9 Å². The molecule has 18 nitrogen and oxygen atoms in total. The molecule has 4 amide bonds. The zero-order valence-corrected chi connectivity index (χ0v) is 41.8. The van der Waals surface area contributed by atoms with Gasteiger partial charge in [0, 0.05) is 37.9 Å². The fourth-order valence-corrected chi connectivity index (χ4v) is 9.53. The lowest BCUT2D eigenvalue weighted by molar-refractivity contribution is -0.138. The molecule has 2 aromatic heterocycles. The molecular weight excluding hydrogens is 897 g/mol. The van der Waals surface area contributed by atoms with E-state index in [2.05, 4.69) is 27.5 Å². The Morgan fingerprint density at radius 1 is 0.686 bits per heavy atom. The van der Waals surface area contributed by atoms with Crippen LogP contribution in [-0.2, 0) is 28.5 Å². The fraction of sp³-hybridized carbons (Fsp3) is 0.500. The number of methoxy groups -OCH3 is 4. The van der Waals surface area contributed by atoms with Crippen LogP contribution in [0.2, 0.25) is 0 Å². The van der Waals surface area contributed by atoms with Crippen LogP contribution >= 0.6 is 0 Å². The van der Waals surface area contributed by atoms with E-state index in [1.807, 2.05) is 87.2 Å². The predicted octanol–water partition coefficient (Wildman–Crippen LogP) is 8.20.